The molecule has 0 spiro atoms. The van der Waals surface area contributed by atoms with Crippen molar-refractivity contribution in [3.8, 4) is 0 Å². The summed E-state index contributed by atoms with van der Waals surface area (Å²) in [6.45, 7) is 5.73. The summed E-state index contributed by atoms with van der Waals surface area (Å²) in [6, 6.07) is 3.32. The Morgan fingerprint density at radius 3 is 2.47 bits per heavy atom. The fraction of sp³-hybridized carbons (Fsp3) is 0.462. The predicted octanol–water partition coefficient (Wildman–Crippen LogP) is 1.79. The maximum absolute atomic E-state index is 12.1. The van der Waals surface area contributed by atoms with Crippen LogP contribution in [0, 0.1) is 19.8 Å². The third-order valence-electron chi connectivity index (χ3n) is 3.23. The van der Waals surface area contributed by atoms with Crippen LogP contribution in [0.3, 0.4) is 0 Å². The van der Waals surface area contributed by atoms with Gasteiger partial charge in [0.15, 0.2) is 0 Å². The van der Waals surface area contributed by atoms with Gasteiger partial charge in [-0.3, -0.25) is 4.31 Å². The summed E-state index contributed by atoms with van der Waals surface area (Å²) in [5.74, 6) is -1.02. The number of hydrogen-bond donors (Lipinski definition) is 1. The maximum Gasteiger partial charge on any atom is 0.337 e. The third kappa shape index (κ3) is 2.45. The van der Waals surface area contributed by atoms with Crippen LogP contribution in [0.25, 0.3) is 0 Å². The third-order valence-corrected chi connectivity index (χ3v) is 5.23. The number of carbonyl (C=O) groups is 1. The average Bonchev–Trinajstić information content (AvgIpc) is 2.50. The van der Waals surface area contributed by atoms with Crippen molar-refractivity contribution in [3.63, 3.8) is 0 Å². The molecule has 0 amide bonds. The van der Waals surface area contributed by atoms with Gasteiger partial charge in [-0.2, -0.15) is 0 Å². The van der Waals surface area contributed by atoms with Crippen molar-refractivity contribution in [2.24, 2.45) is 5.92 Å². The highest BCUT2D eigenvalue weighted by Gasteiger charge is 2.36. The average molecular weight is 283 g/mol. The Labute approximate surface area is 112 Å². The van der Waals surface area contributed by atoms with Crippen molar-refractivity contribution in [1.82, 2.24) is 0 Å². The van der Waals surface area contributed by atoms with E-state index in [-0.39, 0.29) is 17.2 Å². The number of hydrogen-bond acceptors (Lipinski definition) is 3. The van der Waals surface area contributed by atoms with E-state index < -0.39 is 16.0 Å². The molecule has 0 aromatic heterocycles. The smallest absolute Gasteiger partial charge is 0.337 e. The van der Waals surface area contributed by atoms with Crippen LogP contribution >= 0.6 is 0 Å². The van der Waals surface area contributed by atoms with Crippen LogP contribution in [0.1, 0.15) is 28.4 Å². The predicted molar refractivity (Wildman–Crippen MR) is 73.2 cm³/mol. The fourth-order valence-electron chi connectivity index (χ4n) is 2.58. The van der Waals surface area contributed by atoms with E-state index in [1.807, 2.05) is 6.92 Å². The van der Waals surface area contributed by atoms with Crippen LogP contribution in [-0.4, -0.2) is 31.8 Å². The second-order valence-corrected chi connectivity index (χ2v) is 7.14. The summed E-state index contributed by atoms with van der Waals surface area (Å²) in [7, 11) is -3.41. The molecule has 0 aliphatic carbocycles. The molecule has 104 valence electrons. The van der Waals surface area contributed by atoms with E-state index >= 15 is 0 Å². The van der Waals surface area contributed by atoms with Crippen LogP contribution in [-0.2, 0) is 10.0 Å². The summed E-state index contributed by atoms with van der Waals surface area (Å²) < 4.78 is 25.5. The Kier molecular flexibility index (Phi) is 3.30. The lowest BCUT2D eigenvalue weighted by molar-refractivity contribution is 0.0697. The number of aromatic carboxylic acids is 1. The zero-order chi connectivity index (χ0) is 14.4. The molecule has 1 aliphatic heterocycles. The van der Waals surface area contributed by atoms with Gasteiger partial charge in [0.1, 0.15) is 0 Å². The van der Waals surface area contributed by atoms with Gasteiger partial charge in [-0.25, -0.2) is 13.2 Å². The summed E-state index contributed by atoms with van der Waals surface area (Å²) >= 11 is 0. The number of nitrogens with zero attached hydrogens (tertiary/aromatic N) is 1. The maximum atomic E-state index is 12.1. The number of sulfonamides is 1. The van der Waals surface area contributed by atoms with E-state index in [9.17, 15) is 18.3 Å². The molecule has 1 aromatic carbocycles. The molecule has 0 radical (unpaired) electrons. The first kappa shape index (κ1) is 13.9. The largest absolute Gasteiger partial charge is 0.478 e. The first-order valence-electron chi connectivity index (χ1n) is 6.07. The molecule has 1 fully saturated rings. The van der Waals surface area contributed by atoms with Gasteiger partial charge in [-0.15, -0.1) is 0 Å². The molecule has 2 rings (SSSR count). The molecular weight excluding hydrogens is 266 g/mol. The topological polar surface area (TPSA) is 74.7 Å². The molecule has 1 atom stereocenters. The molecule has 1 N–H and O–H groups in total. The lowest BCUT2D eigenvalue weighted by Crippen LogP contribution is -2.28. The van der Waals surface area contributed by atoms with Crippen LogP contribution < -0.4 is 4.31 Å². The number of carboxylic acid groups (broad SMARTS) is 1. The Hall–Kier alpha value is -1.56. The minimum Gasteiger partial charge on any atom is -0.478 e. The van der Waals surface area contributed by atoms with Crippen molar-refractivity contribution in [2.75, 3.05) is 16.6 Å². The lowest BCUT2D eigenvalue weighted by Gasteiger charge is -2.22. The normalized spacial score (nSPS) is 21.6. The van der Waals surface area contributed by atoms with E-state index in [4.69, 9.17) is 0 Å². The fourth-order valence-corrected chi connectivity index (χ4v) is 4.59. The van der Waals surface area contributed by atoms with E-state index in [2.05, 4.69) is 0 Å². The Bertz CT molecular complexity index is 636. The van der Waals surface area contributed by atoms with Crippen LogP contribution in [0.2, 0.25) is 0 Å². The van der Waals surface area contributed by atoms with E-state index in [1.54, 1.807) is 19.9 Å². The molecule has 1 saturated heterocycles. The second kappa shape index (κ2) is 4.52. The summed E-state index contributed by atoms with van der Waals surface area (Å²) in [5.41, 5.74) is 1.84. The SMILES string of the molecule is Cc1cc(C)c(N2CC(C)CS2(=O)=O)c(C(=O)O)c1. The molecule has 6 heteroatoms. The quantitative estimate of drug-likeness (QED) is 0.898. The summed E-state index contributed by atoms with van der Waals surface area (Å²) in [4.78, 5) is 11.4. The van der Waals surface area contributed by atoms with Crippen molar-refractivity contribution in [3.05, 3.63) is 28.8 Å². The minimum absolute atomic E-state index is 0.00680. The van der Waals surface area contributed by atoms with Crippen LogP contribution in [0.15, 0.2) is 12.1 Å². The monoisotopic (exact) mass is 283 g/mol. The molecule has 1 unspecified atom stereocenters. The first-order valence-corrected chi connectivity index (χ1v) is 7.68. The molecule has 19 heavy (non-hydrogen) atoms. The molecule has 1 aliphatic rings. The van der Waals surface area contributed by atoms with Crippen molar-refractivity contribution >= 4 is 21.7 Å². The number of aryl methyl sites for hydroxylation is 2. The van der Waals surface area contributed by atoms with E-state index in [1.165, 1.54) is 10.4 Å². The zero-order valence-corrected chi connectivity index (χ0v) is 12.0. The van der Waals surface area contributed by atoms with E-state index in [0.717, 1.165) is 5.56 Å². The van der Waals surface area contributed by atoms with Gasteiger partial charge in [-0.1, -0.05) is 13.0 Å². The highest BCUT2D eigenvalue weighted by atomic mass is 32.2. The number of benzene rings is 1. The Morgan fingerprint density at radius 1 is 1.37 bits per heavy atom. The standard InChI is InChI=1S/C13H17NO4S/c1-8-4-10(3)12(11(5-8)13(15)16)14-6-9(2)7-19(14,17)18/h4-5,9H,6-7H2,1-3H3,(H,15,16). The number of anilines is 1. The first-order chi connectivity index (χ1) is 8.72. The highest BCUT2D eigenvalue weighted by Crippen LogP contribution is 2.33. The van der Waals surface area contributed by atoms with Gasteiger partial charge in [0.25, 0.3) is 0 Å². The number of carboxylic acids is 1. The van der Waals surface area contributed by atoms with E-state index in [0.29, 0.717) is 17.8 Å². The van der Waals surface area contributed by atoms with Crippen molar-refractivity contribution < 1.29 is 18.3 Å². The summed E-state index contributed by atoms with van der Waals surface area (Å²) in [6.07, 6.45) is 0. The van der Waals surface area contributed by atoms with Gasteiger partial charge >= 0.3 is 5.97 Å². The summed E-state index contributed by atoms with van der Waals surface area (Å²) in [5, 5.41) is 9.29. The van der Waals surface area contributed by atoms with Crippen molar-refractivity contribution in [1.29, 1.82) is 0 Å². The van der Waals surface area contributed by atoms with Gasteiger partial charge in [0, 0.05) is 6.54 Å². The highest BCUT2D eigenvalue weighted by molar-refractivity contribution is 7.93. The van der Waals surface area contributed by atoms with Crippen molar-refractivity contribution in [2.45, 2.75) is 20.8 Å². The molecule has 0 saturated carbocycles. The Balaban J connectivity index is 2.66. The van der Waals surface area contributed by atoms with Gasteiger partial charge in [0.2, 0.25) is 10.0 Å². The molecular formula is C13H17NO4S. The zero-order valence-electron chi connectivity index (χ0n) is 11.2. The molecule has 1 aromatic rings. The number of rotatable bonds is 2. The van der Waals surface area contributed by atoms with Gasteiger partial charge < -0.3 is 5.11 Å². The molecule has 1 heterocycles. The van der Waals surface area contributed by atoms with Crippen LogP contribution in [0.4, 0.5) is 5.69 Å². The van der Waals surface area contributed by atoms with Gasteiger partial charge in [0.05, 0.1) is 17.0 Å². The lowest BCUT2D eigenvalue weighted by atomic mass is 10.0. The Morgan fingerprint density at radius 2 is 2.00 bits per heavy atom. The van der Waals surface area contributed by atoms with Crippen LogP contribution in [0.5, 0.6) is 0 Å². The minimum atomic E-state index is -3.41. The molecule has 0 bridgehead atoms. The molecule has 5 nitrogen and oxygen atoms in total. The second-order valence-electron chi connectivity index (χ2n) is 5.20. The van der Waals surface area contributed by atoms with Gasteiger partial charge in [-0.05, 0) is 37.0 Å².